The van der Waals surface area contributed by atoms with Crippen molar-refractivity contribution in [1.82, 2.24) is 21.2 Å². The molecule has 130 valence electrons. The Bertz CT molecular complexity index is 745. The second-order valence-corrected chi connectivity index (χ2v) is 5.59. The molecular formula is C18H20N4O3. The number of nitrogens with zero attached hydrogens (tertiary/aromatic N) is 1. The predicted molar refractivity (Wildman–Crippen MR) is 92.2 cm³/mol. The maximum Gasteiger partial charge on any atom is 0.288 e. The van der Waals surface area contributed by atoms with Crippen LogP contribution in [0.25, 0.3) is 0 Å². The van der Waals surface area contributed by atoms with Crippen molar-refractivity contribution in [2.24, 2.45) is 0 Å². The van der Waals surface area contributed by atoms with Crippen LogP contribution < -0.4 is 16.2 Å². The standard InChI is InChI=1S/C18H20N4O3/c1-12-6-8-14(9-7-12)16(20-13(2)23)11-17(24)21-22-18(25)15-5-3-4-10-19-15/h3-10,16H,11H2,1-2H3,(H,20,23)(H,21,24)(H,22,25). The quantitative estimate of drug-likeness (QED) is 0.717. The molecule has 2 aromatic rings. The smallest absolute Gasteiger partial charge is 0.288 e. The molecule has 3 N–H and O–H groups in total. The first-order valence-corrected chi connectivity index (χ1v) is 7.79. The number of hydrogen-bond acceptors (Lipinski definition) is 4. The highest BCUT2D eigenvalue weighted by Gasteiger charge is 2.17. The molecule has 0 fully saturated rings. The SMILES string of the molecule is CC(=O)NC(CC(=O)NNC(=O)c1ccccn1)c1ccc(C)cc1. The second kappa shape index (κ2) is 8.58. The summed E-state index contributed by atoms with van der Waals surface area (Å²) in [5.74, 6) is -1.18. The Balaban J connectivity index is 1.96. The van der Waals surface area contributed by atoms with Crippen molar-refractivity contribution in [2.45, 2.75) is 26.3 Å². The summed E-state index contributed by atoms with van der Waals surface area (Å²) in [6.07, 6.45) is 1.48. The summed E-state index contributed by atoms with van der Waals surface area (Å²) in [6.45, 7) is 3.35. The Morgan fingerprint density at radius 3 is 2.36 bits per heavy atom. The first-order chi connectivity index (χ1) is 12.0. The summed E-state index contributed by atoms with van der Waals surface area (Å²) in [7, 11) is 0. The Labute approximate surface area is 145 Å². The molecule has 1 atom stereocenters. The van der Waals surface area contributed by atoms with Crippen molar-refractivity contribution >= 4 is 17.7 Å². The van der Waals surface area contributed by atoms with Crippen molar-refractivity contribution in [3.05, 3.63) is 65.5 Å². The van der Waals surface area contributed by atoms with Gasteiger partial charge in [0, 0.05) is 13.1 Å². The van der Waals surface area contributed by atoms with Gasteiger partial charge in [-0.15, -0.1) is 0 Å². The van der Waals surface area contributed by atoms with E-state index in [1.54, 1.807) is 12.1 Å². The van der Waals surface area contributed by atoms with Crippen LogP contribution >= 0.6 is 0 Å². The average Bonchev–Trinajstić information content (AvgIpc) is 2.60. The molecule has 1 aromatic carbocycles. The Morgan fingerprint density at radius 1 is 1.04 bits per heavy atom. The van der Waals surface area contributed by atoms with Crippen LogP contribution in [0.2, 0.25) is 0 Å². The van der Waals surface area contributed by atoms with Crippen LogP contribution in [0.4, 0.5) is 0 Å². The van der Waals surface area contributed by atoms with Gasteiger partial charge in [0.1, 0.15) is 5.69 Å². The van der Waals surface area contributed by atoms with E-state index in [2.05, 4.69) is 21.2 Å². The molecule has 1 heterocycles. The monoisotopic (exact) mass is 340 g/mol. The van der Waals surface area contributed by atoms with Crippen LogP contribution in [0.3, 0.4) is 0 Å². The average molecular weight is 340 g/mol. The molecule has 0 radical (unpaired) electrons. The topological polar surface area (TPSA) is 100 Å². The third kappa shape index (κ3) is 5.72. The number of benzene rings is 1. The van der Waals surface area contributed by atoms with Crippen LogP contribution in [0.15, 0.2) is 48.7 Å². The summed E-state index contributed by atoms with van der Waals surface area (Å²) in [5, 5.41) is 2.74. The van der Waals surface area contributed by atoms with Crippen molar-refractivity contribution in [2.75, 3.05) is 0 Å². The van der Waals surface area contributed by atoms with E-state index in [0.29, 0.717) is 0 Å². The molecule has 0 bridgehead atoms. The predicted octanol–water partition coefficient (Wildman–Crippen LogP) is 1.42. The molecule has 7 heteroatoms. The molecule has 0 aliphatic carbocycles. The Morgan fingerprint density at radius 2 is 1.76 bits per heavy atom. The van der Waals surface area contributed by atoms with E-state index in [9.17, 15) is 14.4 Å². The van der Waals surface area contributed by atoms with Crippen molar-refractivity contribution < 1.29 is 14.4 Å². The summed E-state index contributed by atoms with van der Waals surface area (Å²) in [4.78, 5) is 39.3. The minimum absolute atomic E-state index is 0.00879. The van der Waals surface area contributed by atoms with Gasteiger partial charge in [-0.1, -0.05) is 35.9 Å². The summed E-state index contributed by atoms with van der Waals surface area (Å²) >= 11 is 0. The van der Waals surface area contributed by atoms with Gasteiger partial charge in [0.15, 0.2) is 0 Å². The van der Waals surface area contributed by atoms with E-state index in [1.165, 1.54) is 19.2 Å². The molecule has 0 saturated carbocycles. The molecular weight excluding hydrogens is 320 g/mol. The number of aromatic nitrogens is 1. The zero-order chi connectivity index (χ0) is 18.2. The van der Waals surface area contributed by atoms with Crippen LogP contribution in [0.1, 0.15) is 41.0 Å². The van der Waals surface area contributed by atoms with Gasteiger partial charge < -0.3 is 5.32 Å². The van der Waals surface area contributed by atoms with E-state index in [0.717, 1.165) is 11.1 Å². The lowest BCUT2D eigenvalue weighted by Crippen LogP contribution is -2.43. The molecule has 0 saturated heterocycles. The number of hydrogen-bond donors (Lipinski definition) is 3. The van der Waals surface area contributed by atoms with Crippen molar-refractivity contribution in [3.8, 4) is 0 Å². The first-order valence-electron chi connectivity index (χ1n) is 7.79. The lowest BCUT2D eigenvalue weighted by molar-refractivity contribution is -0.123. The van der Waals surface area contributed by atoms with Gasteiger partial charge >= 0.3 is 0 Å². The van der Waals surface area contributed by atoms with E-state index in [4.69, 9.17) is 0 Å². The summed E-state index contributed by atoms with van der Waals surface area (Å²) in [5.41, 5.74) is 6.73. The molecule has 0 aliphatic rings. The Kier molecular flexibility index (Phi) is 6.22. The van der Waals surface area contributed by atoms with Crippen molar-refractivity contribution in [3.63, 3.8) is 0 Å². The van der Waals surface area contributed by atoms with E-state index in [-0.39, 0.29) is 18.0 Å². The molecule has 7 nitrogen and oxygen atoms in total. The lowest BCUT2D eigenvalue weighted by Gasteiger charge is -2.18. The molecule has 25 heavy (non-hydrogen) atoms. The highest BCUT2D eigenvalue weighted by Crippen LogP contribution is 2.17. The minimum atomic E-state index is -0.514. The molecule has 2 rings (SSSR count). The van der Waals surface area contributed by atoms with E-state index >= 15 is 0 Å². The summed E-state index contributed by atoms with van der Waals surface area (Å²) in [6, 6.07) is 11.9. The third-order valence-electron chi connectivity index (χ3n) is 3.46. The highest BCUT2D eigenvalue weighted by atomic mass is 16.2. The number of hydrazine groups is 1. The zero-order valence-electron chi connectivity index (χ0n) is 14.1. The van der Waals surface area contributed by atoms with E-state index < -0.39 is 17.9 Å². The highest BCUT2D eigenvalue weighted by molar-refractivity contribution is 5.93. The van der Waals surface area contributed by atoms with Gasteiger partial charge in [0.2, 0.25) is 11.8 Å². The fourth-order valence-electron chi connectivity index (χ4n) is 2.22. The second-order valence-electron chi connectivity index (χ2n) is 5.59. The molecule has 0 spiro atoms. The van der Waals surface area contributed by atoms with Gasteiger partial charge in [0.05, 0.1) is 12.5 Å². The van der Waals surface area contributed by atoms with Crippen LogP contribution in [-0.4, -0.2) is 22.7 Å². The first kappa shape index (κ1) is 18.1. The molecule has 1 unspecified atom stereocenters. The maximum absolute atomic E-state index is 12.1. The van der Waals surface area contributed by atoms with Gasteiger partial charge in [0.25, 0.3) is 5.91 Å². The minimum Gasteiger partial charge on any atom is -0.349 e. The van der Waals surface area contributed by atoms with Gasteiger partial charge in [-0.2, -0.15) is 0 Å². The maximum atomic E-state index is 12.1. The van der Waals surface area contributed by atoms with Crippen molar-refractivity contribution in [1.29, 1.82) is 0 Å². The molecule has 1 aromatic heterocycles. The normalized spacial score (nSPS) is 11.3. The number of amides is 3. The number of carbonyl (C=O) groups excluding carboxylic acids is 3. The molecule has 0 aliphatic heterocycles. The van der Waals surface area contributed by atoms with Crippen LogP contribution in [0, 0.1) is 6.92 Å². The number of rotatable bonds is 5. The lowest BCUT2D eigenvalue weighted by atomic mass is 10.0. The third-order valence-corrected chi connectivity index (χ3v) is 3.46. The number of aryl methyl sites for hydroxylation is 1. The number of carbonyl (C=O) groups is 3. The zero-order valence-corrected chi connectivity index (χ0v) is 14.1. The van der Waals surface area contributed by atoms with Gasteiger partial charge in [-0.25, -0.2) is 0 Å². The fourth-order valence-corrected chi connectivity index (χ4v) is 2.22. The van der Waals surface area contributed by atoms with Gasteiger partial charge in [-0.3, -0.25) is 30.2 Å². The van der Waals surface area contributed by atoms with Crippen LogP contribution in [0.5, 0.6) is 0 Å². The Hall–Kier alpha value is -3.22. The van der Waals surface area contributed by atoms with Crippen LogP contribution in [-0.2, 0) is 9.59 Å². The van der Waals surface area contributed by atoms with E-state index in [1.807, 2.05) is 31.2 Å². The molecule has 3 amide bonds. The summed E-state index contributed by atoms with van der Waals surface area (Å²) < 4.78 is 0. The number of pyridine rings is 1. The van der Waals surface area contributed by atoms with Gasteiger partial charge in [-0.05, 0) is 24.6 Å². The largest absolute Gasteiger partial charge is 0.349 e. The number of nitrogens with one attached hydrogen (secondary N) is 3. The fraction of sp³-hybridized carbons (Fsp3) is 0.222.